The molecule has 0 saturated carbocycles. The first-order valence-corrected chi connectivity index (χ1v) is 9.57. The van der Waals surface area contributed by atoms with E-state index >= 15 is 0 Å². The number of rotatable bonds is 5. The summed E-state index contributed by atoms with van der Waals surface area (Å²) in [4.78, 5) is 14.6. The number of nitrogens with one attached hydrogen (secondary N) is 2. The molecule has 0 radical (unpaired) electrons. The van der Waals surface area contributed by atoms with Gasteiger partial charge in [0.15, 0.2) is 0 Å². The average molecular weight is 444 g/mol. The first kappa shape index (κ1) is 18.5. The van der Waals surface area contributed by atoms with Gasteiger partial charge in [-0.1, -0.05) is 27.1 Å². The van der Waals surface area contributed by atoms with Gasteiger partial charge in [-0.25, -0.2) is 0 Å². The third-order valence-corrected chi connectivity index (χ3v) is 4.69. The predicted molar refractivity (Wildman–Crippen MR) is 109 cm³/mol. The molecule has 1 saturated heterocycles. The van der Waals surface area contributed by atoms with Crippen molar-refractivity contribution in [1.29, 1.82) is 0 Å². The second kappa shape index (κ2) is 8.41. The molecule has 28 heavy (non-hydrogen) atoms. The Morgan fingerprint density at radius 1 is 1.04 bits per heavy atom. The molecule has 0 aliphatic carbocycles. The van der Waals surface area contributed by atoms with Gasteiger partial charge < -0.3 is 24.7 Å². The molecular weight excluding hydrogens is 426 g/mol. The molecule has 2 aromatic carbocycles. The van der Waals surface area contributed by atoms with E-state index in [9.17, 15) is 4.79 Å². The molecule has 3 aromatic rings. The van der Waals surface area contributed by atoms with Gasteiger partial charge in [-0.2, -0.15) is 0 Å². The summed E-state index contributed by atoms with van der Waals surface area (Å²) < 4.78 is 11.7. The fraction of sp³-hybridized carbons (Fsp3) is 0.211. The molecule has 1 aliphatic heterocycles. The van der Waals surface area contributed by atoms with Crippen LogP contribution in [0.1, 0.15) is 10.7 Å². The zero-order valence-corrected chi connectivity index (χ0v) is 16.5. The van der Waals surface area contributed by atoms with Gasteiger partial charge in [0.2, 0.25) is 0 Å². The van der Waals surface area contributed by atoms with Crippen LogP contribution in [0.2, 0.25) is 0 Å². The van der Waals surface area contributed by atoms with Crippen molar-refractivity contribution in [2.24, 2.45) is 0 Å². The van der Waals surface area contributed by atoms with Crippen molar-refractivity contribution in [3.8, 4) is 0 Å². The summed E-state index contributed by atoms with van der Waals surface area (Å²) in [6, 6.07) is 15.3. The second-order valence-electron chi connectivity index (χ2n) is 6.15. The molecule has 144 valence electrons. The molecule has 0 bridgehead atoms. The van der Waals surface area contributed by atoms with E-state index in [4.69, 9.17) is 9.15 Å². The normalized spacial score (nSPS) is 14.0. The van der Waals surface area contributed by atoms with Crippen LogP contribution >= 0.6 is 15.9 Å². The highest BCUT2D eigenvalue weighted by Gasteiger charge is 2.16. The van der Waals surface area contributed by atoms with Gasteiger partial charge in [-0.05, 0) is 42.5 Å². The Morgan fingerprint density at radius 3 is 2.57 bits per heavy atom. The molecule has 4 rings (SSSR count). The standard InChI is InChI=1S/C19H18BrN5O3/c20-13-2-1-3-15(12-13)22-19-24-23-18(28-19)17(26)21-14-4-6-16(7-5-14)25-8-10-27-11-9-25/h1-7,12H,8-11H2,(H,21,26)(H,22,24). The number of nitrogens with zero attached hydrogens (tertiary/aromatic N) is 3. The zero-order chi connectivity index (χ0) is 19.3. The van der Waals surface area contributed by atoms with Gasteiger partial charge in [0, 0.05) is 34.6 Å². The molecule has 1 fully saturated rings. The number of carbonyl (C=O) groups excluding carboxylic acids is 1. The largest absolute Gasteiger partial charge is 0.399 e. The van der Waals surface area contributed by atoms with Crippen molar-refractivity contribution >= 4 is 44.9 Å². The predicted octanol–water partition coefficient (Wildman–Crippen LogP) is 3.66. The van der Waals surface area contributed by atoms with Crippen molar-refractivity contribution in [3.05, 3.63) is 58.9 Å². The van der Waals surface area contributed by atoms with Gasteiger partial charge in [0.25, 0.3) is 0 Å². The Morgan fingerprint density at radius 2 is 1.82 bits per heavy atom. The molecule has 1 aromatic heterocycles. The van der Waals surface area contributed by atoms with Crippen LogP contribution in [-0.2, 0) is 4.74 Å². The number of benzene rings is 2. The van der Waals surface area contributed by atoms with Crippen molar-refractivity contribution < 1.29 is 13.9 Å². The topological polar surface area (TPSA) is 92.5 Å². The zero-order valence-electron chi connectivity index (χ0n) is 14.9. The van der Waals surface area contributed by atoms with Crippen LogP contribution in [0.15, 0.2) is 57.4 Å². The Labute approximate surface area is 170 Å². The lowest BCUT2D eigenvalue weighted by molar-refractivity contribution is 0.0991. The molecule has 0 atom stereocenters. The van der Waals surface area contributed by atoms with Crippen LogP contribution in [0, 0.1) is 0 Å². The van der Waals surface area contributed by atoms with E-state index in [1.54, 1.807) is 0 Å². The SMILES string of the molecule is O=C(Nc1ccc(N2CCOCC2)cc1)c1nnc(Nc2cccc(Br)c2)o1. The van der Waals surface area contributed by atoms with Crippen molar-refractivity contribution in [2.75, 3.05) is 41.8 Å². The summed E-state index contributed by atoms with van der Waals surface area (Å²) in [6.45, 7) is 3.18. The summed E-state index contributed by atoms with van der Waals surface area (Å²) in [5.74, 6) is -0.580. The van der Waals surface area contributed by atoms with Gasteiger partial charge in [-0.3, -0.25) is 4.79 Å². The summed E-state index contributed by atoms with van der Waals surface area (Å²) >= 11 is 3.39. The third-order valence-electron chi connectivity index (χ3n) is 4.20. The minimum Gasteiger partial charge on any atom is -0.399 e. The monoisotopic (exact) mass is 443 g/mol. The quantitative estimate of drug-likeness (QED) is 0.621. The number of morpholine rings is 1. The van der Waals surface area contributed by atoms with E-state index in [0.29, 0.717) is 5.69 Å². The minimum absolute atomic E-state index is 0.116. The number of ether oxygens (including phenoxy) is 1. The first-order chi connectivity index (χ1) is 13.7. The Balaban J connectivity index is 1.37. The second-order valence-corrected chi connectivity index (χ2v) is 7.06. The number of carbonyl (C=O) groups is 1. The Bertz CT molecular complexity index is 954. The van der Waals surface area contributed by atoms with Crippen LogP contribution < -0.4 is 15.5 Å². The van der Waals surface area contributed by atoms with Gasteiger partial charge in [0.05, 0.1) is 13.2 Å². The van der Waals surface area contributed by atoms with Crippen LogP contribution in [0.25, 0.3) is 0 Å². The van der Waals surface area contributed by atoms with E-state index in [-0.39, 0.29) is 11.9 Å². The lowest BCUT2D eigenvalue weighted by atomic mass is 10.2. The molecule has 0 spiro atoms. The average Bonchev–Trinajstić information content (AvgIpc) is 3.18. The summed E-state index contributed by atoms with van der Waals surface area (Å²) in [6.07, 6.45) is 0. The van der Waals surface area contributed by atoms with Gasteiger partial charge in [0.1, 0.15) is 0 Å². The van der Waals surface area contributed by atoms with Crippen molar-refractivity contribution in [2.45, 2.75) is 0 Å². The third kappa shape index (κ3) is 4.49. The number of aromatic nitrogens is 2. The van der Waals surface area contributed by atoms with E-state index in [1.165, 1.54) is 0 Å². The fourth-order valence-corrected chi connectivity index (χ4v) is 3.22. The first-order valence-electron chi connectivity index (χ1n) is 8.77. The molecule has 2 N–H and O–H groups in total. The number of hydrogen-bond donors (Lipinski definition) is 2. The van der Waals surface area contributed by atoms with Gasteiger partial charge >= 0.3 is 17.8 Å². The minimum atomic E-state index is -0.464. The van der Waals surface area contributed by atoms with E-state index in [0.717, 1.165) is 42.2 Å². The number of amides is 1. The lowest BCUT2D eigenvalue weighted by Crippen LogP contribution is -2.36. The van der Waals surface area contributed by atoms with E-state index < -0.39 is 5.91 Å². The maximum Gasteiger partial charge on any atom is 0.320 e. The molecule has 1 amide bonds. The number of anilines is 4. The maximum absolute atomic E-state index is 12.4. The Kier molecular flexibility index (Phi) is 5.54. The summed E-state index contributed by atoms with van der Waals surface area (Å²) in [5, 5.41) is 13.4. The summed E-state index contributed by atoms with van der Waals surface area (Å²) in [7, 11) is 0. The van der Waals surface area contributed by atoms with Gasteiger partial charge in [-0.15, -0.1) is 5.10 Å². The van der Waals surface area contributed by atoms with Crippen molar-refractivity contribution in [3.63, 3.8) is 0 Å². The van der Waals surface area contributed by atoms with Crippen molar-refractivity contribution in [1.82, 2.24) is 10.2 Å². The molecule has 1 aliphatic rings. The van der Waals surface area contributed by atoms with Crippen LogP contribution in [0.3, 0.4) is 0 Å². The van der Waals surface area contributed by atoms with Crippen LogP contribution in [0.4, 0.5) is 23.1 Å². The smallest absolute Gasteiger partial charge is 0.320 e. The van der Waals surface area contributed by atoms with E-state index in [1.807, 2.05) is 48.5 Å². The molecule has 8 nitrogen and oxygen atoms in total. The summed E-state index contributed by atoms with van der Waals surface area (Å²) in [5.41, 5.74) is 2.52. The molecular formula is C19H18BrN5O3. The molecule has 0 unspecified atom stereocenters. The Hall–Kier alpha value is -2.91. The van der Waals surface area contributed by atoms with E-state index in [2.05, 4.69) is 41.7 Å². The van der Waals surface area contributed by atoms with Crippen LogP contribution in [0.5, 0.6) is 0 Å². The van der Waals surface area contributed by atoms with Crippen LogP contribution in [-0.4, -0.2) is 42.4 Å². The lowest BCUT2D eigenvalue weighted by Gasteiger charge is -2.28. The highest BCUT2D eigenvalue weighted by molar-refractivity contribution is 9.10. The molecule has 2 heterocycles. The number of hydrogen-bond acceptors (Lipinski definition) is 7. The maximum atomic E-state index is 12.4. The fourth-order valence-electron chi connectivity index (χ4n) is 2.82. The highest BCUT2D eigenvalue weighted by Crippen LogP contribution is 2.21. The number of halogens is 1. The molecule has 9 heteroatoms. The highest BCUT2D eigenvalue weighted by atomic mass is 79.9.